The molecule has 2 aliphatic carbocycles. The third-order valence-electron chi connectivity index (χ3n) is 4.89. The SMILES string of the molecule is COC1CCC(NCC2(C)CCCCC2)CC1. The summed E-state index contributed by atoms with van der Waals surface area (Å²) < 4.78 is 5.43. The van der Waals surface area contributed by atoms with Gasteiger partial charge in [0.15, 0.2) is 0 Å². The number of hydrogen-bond acceptors (Lipinski definition) is 2. The minimum Gasteiger partial charge on any atom is -0.381 e. The van der Waals surface area contributed by atoms with Gasteiger partial charge in [-0.2, -0.15) is 0 Å². The van der Waals surface area contributed by atoms with Gasteiger partial charge in [0.05, 0.1) is 6.10 Å². The van der Waals surface area contributed by atoms with Crippen LogP contribution in [0.5, 0.6) is 0 Å². The van der Waals surface area contributed by atoms with E-state index in [1.807, 2.05) is 7.11 Å². The molecule has 17 heavy (non-hydrogen) atoms. The molecule has 2 heteroatoms. The molecule has 2 fully saturated rings. The summed E-state index contributed by atoms with van der Waals surface area (Å²) in [5.41, 5.74) is 0.580. The second-order valence-electron chi connectivity index (χ2n) is 6.46. The number of methoxy groups -OCH3 is 1. The maximum atomic E-state index is 5.43. The lowest BCUT2D eigenvalue weighted by Crippen LogP contribution is -2.41. The second-order valence-corrected chi connectivity index (χ2v) is 6.46. The molecular formula is C15H29NO. The van der Waals surface area contributed by atoms with Gasteiger partial charge in [-0.15, -0.1) is 0 Å². The molecule has 0 aromatic heterocycles. The number of nitrogens with one attached hydrogen (secondary N) is 1. The van der Waals surface area contributed by atoms with Gasteiger partial charge in [0.2, 0.25) is 0 Å². The molecule has 0 radical (unpaired) electrons. The molecule has 0 saturated heterocycles. The van der Waals surface area contributed by atoms with Crippen LogP contribution in [0.4, 0.5) is 0 Å². The van der Waals surface area contributed by atoms with E-state index in [0.717, 1.165) is 6.04 Å². The van der Waals surface area contributed by atoms with Crippen molar-refractivity contribution < 1.29 is 4.74 Å². The van der Waals surface area contributed by atoms with Gasteiger partial charge in [-0.05, 0) is 43.9 Å². The van der Waals surface area contributed by atoms with Gasteiger partial charge in [0, 0.05) is 19.7 Å². The van der Waals surface area contributed by atoms with Crippen LogP contribution in [0.1, 0.15) is 64.7 Å². The Morgan fingerprint density at radius 2 is 1.71 bits per heavy atom. The van der Waals surface area contributed by atoms with Crippen molar-refractivity contribution in [1.29, 1.82) is 0 Å². The van der Waals surface area contributed by atoms with Gasteiger partial charge in [-0.3, -0.25) is 0 Å². The van der Waals surface area contributed by atoms with E-state index in [1.54, 1.807) is 0 Å². The molecule has 0 heterocycles. The van der Waals surface area contributed by atoms with Gasteiger partial charge in [-0.25, -0.2) is 0 Å². The molecular weight excluding hydrogens is 210 g/mol. The van der Waals surface area contributed by atoms with E-state index < -0.39 is 0 Å². The Labute approximate surface area is 107 Å². The lowest BCUT2D eigenvalue weighted by Gasteiger charge is -2.36. The van der Waals surface area contributed by atoms with E-state index in [4.69, 9.17) is 4.74 Å². The quantitative estimate of drug-likeness (QED) is 0.810. The van der Waals surface area contributed by atoms with Crippen molar-refractivity contribution in [2.45, 2.75) is 76.9 Å². The molecule has 2 aliphatic rings. The maximum Gasteiger partial charge on any atom is 0.0572 e. The van der Waals surface area contributed by atoms with Crippen LogP contribution in [-0.2, 0) is 4.74 Å². The predicted molar refractivity (Wildman–Crippen MR) is 72.2 cm³/mol. The van der Waals surface area contributed by atoms with Crippen molar-refractivity contribution in [3.63, 3.8) is 0 Å². The molecule has 1 N–H and O–H groups in total. The van der Waals surface area contributed by atoms with E-state index in [0.29, 0.717) is 11.5 Å². The van der Waals surface area contributed by atoms with E-state index >= 15 is 0 Å². The van der Waals surface area contributed by atoms with Crippen LogP contribution in [0.3, 0.4) is 0 Å². The van der Waals surface area contributed by atoms with Crippen molar-refractivity contribution in [3.05, 3.63) is 0 Å². The third-order valence-corrected chi connectivity index (χ3v) is 4.89. The van der Waals surface area contributed by atoms with Crippen LogP contribution in [0, 0.1) is 5.41 Å². The maximum absolute atomic E-state index is 5.43. The molecule has 0 aromatic rings. The zero-order chi connectivity index (χ0) is 12.1. The van der Waals surface area contributed by atoms with Gasteiger partial charge < -0.3 is 10.1 Å². The topological polar surface area (TPSA) is 21.3 Å². The summed E-state index contributed by atoms with van der Waals surface area (Å²) in [5.74, 6) is 0. The van der Waals surface area contributed by atoms with E-state index in [1.165, 1.54) is 64.3 Å². The molecule has 0 aromatic carbocycles. The van der Waals surface area contributed by atoms with Gasteiger partial charge in [0.1, 0.15) is 0 Å². The summed E-state index contributed by atoms with van der Waals surface area (Å²) in [4.78, 5) is 0. The summed E-state index contributed by atoms with van der Waals surface area (Å²) in [7, 11) is 1.85. The minimum atomic E-state index is 0.526. The van der Waals surface area contributed by atoms with Crippen LogP contribution < -0.4 is 5.32 Å². The first-order valence-corrected chi connectivity index (χ1v) is 7.48. The van der Waals surface area contributed by atoms with Crippen molar-refractivity contribution in [3.8, 4) is 0 Å². The Bertz CT molecular complexity index is 215. The lowest BCUT2D eigenvalue weighted by atomic mass is 9.75. The lowest BCUT2D eigenvalue weighted by molar-refractivity contribution is 0.0602. The number of rotatable bonds is 4. The van der Waals surface area contributed by atoms with Gasteiger partial charge in [-0.1, -0.05) is 26.2 Å². The first-order valence-electron chi connectivity index (χ1n) is 7.48. The normalized spacial score (nSPS) is 33.5. The molecule has 0 unspecified atom stereocenters. The minimum absolute atomic E-state index is 0.526. The highest BCUT2D eigenvalue weighted by Crippen LogP contribution is 2.35. The standard InChI is InChI=1S/C15H29NO/c1-15(10-4-3-5-11-15)12-16-13-6-8-14(17-2)9-7-13/h13-14,16H,3-12H2,1-2H3. The molecule has 0 bridgehead atoms. The molecule has 2 rings (SSSR count). The highest BCUT2D eigenvalue weighted by atomic mass is 16.5. The van der Waals surface area contributed by atoms with E-state index in [-0.39, 0.29) is 0 Å². The molecule has 100 valence electrons. The predicted octanol–water partition coefficient (Wildman–Crippen LogP) is 3.50. The average Bonchev–Trinajstić information content (AvgIpc) is 2.38. The largest absolute Gasteiger partial charge is 0.381 e. The van der Waals surface area contributed by atoms with Crippen molar-refractivity contribution in [2.24, 2.45) is 5.41 Å². The fourth-order valence-electron chi connectivity index (χ4n) is 3.48. The number of ether oxygens (including phenoxy) is 1. The number of hydrogen-bond donors (Lipinski definition) is 1. The smallest absolute Gasteiger partial charge is 0.0572 e. The van der Waals surface area contributed by atoms with Crippen molar-refractivity contribution in [2.75, 3.05) is 13.7 Å². The summed E-state index contributed by atoms with van der Waals surface area (Å²) in [6.07, 6.45) is 12.8. The molecule has 2 nitrogen and oxygen atoms in total. The Balaban J connectivity index is 1.68. The summed E-state index contributed by atoms with van der Waals surface area (Å²) in [6.45, 7) is 3.70. The first kappa shape index (κ1) is 13.4. The summed E-state index contributed by atoms with van der Waals surface area (Å²) in [6, 6.07) is 0.750. The fraction of sp³-hybridized carbons (Fsp3) is 1.00. The third kappa shape index (κ3) is 3.96. The highest BCUT2D eigenvalue weighted by molar-refractivity contribution is 4.84. The Kier molecular flexibility index (Phi) is 4.87. The van der Waals surface area contributed by atoms with Gasteiger partial charge >= 0.3 is 0 Å². The summed E-state index contributed by atoms with van der Waals surface area (Å²) in [5, 5.41) is 3.82. The van der Waals surface area contributed by atoms with Crippen LogP contribution in [0.2, 0.25) is 0 Å². The Morgan fingerprint density at radius 1 is 1.06 bits per heavy atom. The molecule has 0 spiro atoms. The van der Waals surface area contributed by atoms with Crippen LogP contribution >= 0.6 is 0 Å². The molecule has 0 atom stereocenters. The first-order chi connectivity index (χ1) is 8.22. The zero-order valence-electron chi connectivity index (χ0n) is 11.6. The second kappa shape index (κ2) is 6.19. The van der Waals surface area contributed by atoms with Crippen molar-refractivity contribution in [1.82, 2.24) is 5.32 Å². The van der Waals surface area contributed by atoms with E-state index in [2.05, 4.69) is 12.2 Å². The Hall–Kier alpha value is -0.0800. The van der Waals surface area contributed by atoms with Crippen LogP contribution in [0.15, 0.2) is 0 Å². The zero-order valence-corrected chi connectivity index (χ0v) is 11.6. The van der Waals surface area contributed by atoms with E-state index in [9.17, 15) is 0 Å². The molecule has 0 amide bonds. The summed E-state index contributed by atoms with van der Waals surface area (Å²) >= 11 is 0. The molecule has 2 saturated carbocycles. The van der Waals surface area contributed by atoms with Crippen molar-refractivity contribution >= 4 is 0 Å². The Morgan fingerprint density at radius 3 is 2.29 bits per heavy atom. The molecule has 0 aliphatic heterocycles. The average molecular weight is 239 g/mol. The fourth-order valence-corrected chi connectivity index (χ4v) is 3.48. The highest BCUT2D eigenvalue weighted by Gasteiger charge is 2.28. The van der Waals surface area contributed by atoms with Gasteiger partial charge in [0.25, 0.3) is 0 Å². The van der Waals surface area contributed by atoms with Crippen LogP contribution in [0.25, 0.3) is 0 Å². The monoisotopic (exact) mass is 239 g/mol. The van der Waals surface area contributed by atoms with Crippen LogP contribution in [-0.4, -0.2) is 25.8 Å².